The molecular formula is C19H15N2O4-. The van der Waals surface area contributed by atoms with E-state index in [2.05, 4.69) is 5.32 Å². The number of hydrogen-bond acceptors (Lipinski definition) is 5. The Morgan fingerprint density at radius 3 is 2.36 bits per heavy atom. The number of carboxylic acids is 1. The molecule has 2 aromatic rings. The van der Waals surface area contributed by atoms with Crippen molar-refractivity contribution < 1.29 is 19.4 Å². The highest BCUT2D eigenvalue weighted by molar-refractivity contribution is 6.09. The number of nitrogens with zero attached hydrogens (tertiary/aromatic N) is 1. The zero-order chi connectivity index (χ0) is 18.2. The van der Waals surface area contributed by atoms with E-state index in [0.29, 0.717) is 17.0 Å². The van der Waals surface area contributed by atoms with Crippen molar-refractivity contribution in [1.82, 2.24) is 0 Å². The lowest BCUT2D eigenvalue weighted by molar-refractivity contribution is -0.307. The van der Waals surface area contributed by atoms with Crippen molar-refractivity contribution in [3.05, 3.63) is 65.2 Å². The number of benzene rings is 2. The molecule has 0 saturated carbocycles. The van der Waals surface area contributed by atoms with E-state index in [-0.39, 0.29) is 5.57 Å². The van der Waals surface area contributed by atoms with Gasteiger partial charge in [-0.1, -0.05) is 29.8 Å². The number of aliphatic carboxylic acids is 1. The first-order valence-corrected chi connectivity index (χ1v) is 7.40. The SMILES string of the molecule is Cc1ccc(NC(=O)/C(C#N)=C/c2ccc(OCC(=O)[O-])cc2)cc1. The van der Waals surface area contributed by atoms with Gasteiger partial charge in [-0.25, -0.2) is 0 Å². The molecule has 0 aliphatic rings. The Kier molecular flexibility index (Phi) is 5.91. The van der Waals surface area contributed by atoms with Gasteiger partial charge in [-0.2, -0.15) is 5.26 Å². The smallest absolute Gasteiger partial charge is 0.266 e. The molecule has 0 aliphatic heterocycles. The van der Waals surface area contributed by atoms with E-state index in [4.69, 9.17) is 4.74 Å². The summed E-state index contributed by atoms with van der Waals surface area (Å²) in [5.74, 6) is -1.48. The molecule has 1 N–H and O–H groups in total. The number of aryl methyl sites for hydroxylation is 1. The molecule has 0 aliphatic carbocycles. The fourth-order valence-electron chi connectivity index (χ4n) is 1.95. The number of anilines is 1. The first kappa shape index (κ1) is 17.8. The predicted molar refractivity (Wildman–Crippen MR) is 90.3 cm³/mol. The van der Waals surface area contributed by atoms with E-state index in [1.165, 1.54) is 6.08 Å². The molecule has 0 bridgehead atoms. The standard InChI is InChI=1S/C19H16N2O4/c1-13-2-6-16(7-3-13)21-19(24)15(11-20)10-14-4-8-17(9-5-14)25-12-18(22)23/h2-10H,12H2,1H3,(H,21,24)(H,22,23)/p-1/b15-10+. The molecule has 1 amide bonds. The lowest BCUT2D eigenvalue weighted by Crippen LogP contribution is -2.28. The second kappa shape index (κ2) is 8.31. The normalized spacial score (nSPS) is 10.6. The summed E-state index contributed by atoms with van der Waals surface area (Å²) in [5, 5.41) is 22.2. The average molecular weight is 335 g/mol. The van der Waals surface area contributed by atoms with Crippen LogP contribution in [0.2, 0.25) is 0 Å². The minimum absolute atomic E-state index is 0.0519. The lowest BCUT2D eigenvalue weighted by atomic mass is 10.1. The summed E-state index contributed by atoms with van der Waals surface area (Å²) in [7, 11) is 0. The molecular weight excluding hydrogens is 320 g/mol. The van der Waals surface area contributed by atoms with E-state index in [1.54, 1.807) is 36.4 Å². The molecule has 25 heavy (non-hydrogen) atoms. The van der Waals surface area contributed by atoms with Crippen LogP contribution >= 0.6 is 0 Å². The van der Waals surface area contributed by atoms with E-state index in [9.17, 15) is 20.0 Å². The summed E-state index contributed by atoms with van der Waals surface area (Å²) in [6.45, 7) is 1.39. The third-order valence-electron chi connectivity index (χ3n) is 3.22. The summed E-state index contributed by atoms with van der Waals surface area (Å²) < 4.78 is 4.96. The highest BCUT2D eigenvalue weighted by atomic mass is 16.5. The maximum atomic E-state index is 12.2. The van der Waals surface area contributed by atoms with Gasteiger partial charge in [0.15, 0.2) is 0 Å². The molecule has 0 saturated heterocycles. The van der Waals surface area contributed by atoms with E-state index in [0.717, 1.165) is 5.56 Å². The van der Waals surface area contributed by atoms with Crippen LogP contribution in [0.5, 0.6) is 5.75 Å². The fourth-order valence-corrected chi connectivity index (χ4v) is 1.95. The maximum Gasteiger partial charge on any atom is 0.266 e. The second-order valence-corrected chi connectivity index (χ2v) is 5.22. The Hall–Kier alpha value is -3.59. The van der Waals surface area contributed by atoms with Crippen LogP contribution in [0.4, 0.5) is 5.69 Å². The molecule has 2 aromatic carbocycles. The van der Waals surface area contributed by atoms with Crippen molar-refractivity contribution in [2.24, 2.45) is 0 Å². The number of carbonyl (C=O) groups is 2. The van der Waals surface area contributed by atoms with Gasteiger partial charge in [0.05, 0.1) is 5.97 Å². The zero-order valence-corrected chi connectivity index (χ0v) is 13.5. The van der Waals surface area contributed by atoms with Crippen molar-refractivity contribution in [1.29, 1.82) is 5.26 Å². The second-order valence-electron chi connectivity index (χ2n) is 5.22. The van der Waals surface area contributed by atoms with Crippen molar-refractivity contribution in [2.45, 2.75) is 6.92 Å². The number of ether oxygens (including phenoxy) is 1. The third-order valence-corrected chi connectivity index (χ3v) is 3.22. The maximum absolute atomic E-state index is 12.2. The molecule has 6 heteroatoms. The van der Waals surface area contributed by atoms with Gasteiger partial charge < -0.3 is 20.0 Å². The Labute approximate surface area is 145 Å². The number of rotatable bonds is 6. The van der Waals surface area contributed by atoms with Crippen LogP contribution in [-0.2, 0) is 9.59 Å². The van der Waals surface area contributed by atoms with Gasteiger partial charge >= 0.3 is 0 Å². The van der Waals surface area contributed by atoms with Crippen molar-refractivity contribution >= 4 is 23.6 Å². The van der Waals surface area contributed by atoms with Crippen LogP contribution in [0.15, 0.2) is 54.1 Å². The summed E-state index contributed by atoms with van der Waals surface area (Å²) in [6.07, 6.45) is 1.44. The number of carboxylic acid groups (broad SMARTS) is 1. The van der Waals surface area contributed by atoms with Crippen LogP contribution in [0.1, 0.15) is 11.1 Å². The summed E-state index contributed by atoms with van der Waals surface area (Å²) >= 11 is 0. The molecule has 0 spiro atoms. The summed E-state index contributed by atoms with van der Waals surface area (Å²) in [5.41, 5.74) is 2.22. The first-order chi connectivity index (χ1) is 12.0. The molecule has 0 atom stereocenters. The topological polar surface area (TPSA) is 102 Å². The minimum Gasteiger partial charge on any atom is -0.546 e. The quantitative estimate of drug-likeness (QED) is 0.639. The minimum atomic E-state index is -1.32. The van der Waals surface area contributed by atoms with E-state index < -0.39 is 18.5 Å². The number of hydrogen-bond donors (Lipinski definition) is 1. The van der Waals surface area contributed by atoms with Crippen molar-refractivity contribution in [3.8, 4) is 11.8 Å². The van der Waals surface area contributed by atoms with Gasteiger partial charge in [-0.15, -0.1) is 0 Å². The van der Waals surface area contributed by atoms with Gasteiger partial charge in [-0.3, -0.25) is 4.79 Å². The van der Waals surface area contributed by atoms with Gasteiger partial charge in [-0.05, 0) is 42.8 Å². The van der Waals surface area contributed by atoms with Crippen molar-refractivity contribution in [2.75, 3.05) is 11.9 Å². The average Bonchev–Trinajstić information content (AvgIpc) is 2.60. The number of nitrogens with one attached hydrogen (secondary N) is 1. The van der Waals surface area contributed by atoms with Gasteiger partial charge in [0.25, 0.3) is 5.91 Å². The van der Waals surface area contributed by atoms with E-state index in [1.807, 2.05) is 25.1 Å². The Bertz CT molecular complexity index is 831. The molecule has 0 radical (unpaired) electrons. The number of nitriles is 1. The van der Waals surface area contributed by atoms with Gasteiger partial charge in [0.1, 0.15) is 24.0 Å². The van der Waals surface area contributed by atoms with Crippen LogP contribution in [0.25, 0.3) is 6.08 Å². The molecule has 6 nitrogen and oxygen atoms in total. The summed E-state index contributed by atoms with van der Waals surface area (Å²) in [6, 6.07) is 15.4. The molecule has 0 fully saturated rings. The molecule has 0 aromatic heterocycles. The Morgan fingerprint density at radius 2 is 1.80 bits per heavy atom. The van der Waals surface area contributed by atoms with Crippen LogP contribution in [0, 0.1) is 18.3 Å². The third kappa shape index (κ3) is 5.52. The van der Waals surface area contributed by atoms with Crippen LogP contribution in [0.3, 0.4) is 0 Å². The molecule has 2 rings (SSSR count). The van der Waals surface area contributed by atoms with Crippen LogP contribution < -0.4 is 15.2 Å². The summed E-state index contributed by atoms with van der Waals surface area (Å²) in [4.78, 5) is 22.5. The highest BCUT2D eigenvalue weighted by Crippen LogP contribution is 2.16. The predicted octanol–water partition coefficient (Wildman–Crippen LogP) is 1.67. The number of amides is 1. The largest absolute Gasteiger partial charge is 0.546 e. The highest BCUT2D eigenvalue weighted by Gasteiger charge is 2.09. The molecule has 126 valence electrons. The van der Waals surface area contributed by atoms with Crippen molar-refractivity contribution in [3.63, 3.8) is 0 Å². The lowest BCUT2D eigenvalue weighted by Gasteiger charge is -2.07. The van der Waals surface area contributed by atoms with Gasteiger partial charge in [0, 0.05) is 5.69 Å². The Balaban J connectivity index is 2.08. The molecule has 0 unspecified atom stereocenters. The van der Waals surface area contributed by atoms with Crippen LogP contribution in [-0.4, -0.2) is 18.5 Å². The Morgan fingerprint density at radius 1 is 1.16 bits per heavy atom. The first-order valence-electron chi connectivity index (χ1n) is 7.40. The van der Waals surface area contributed by atoms with E-state index >= 15 is 0 Å². The number of carbonyl (C=O) groups excluding carboxylic acids is 2. The zero-order valence-electron chi connectivity index (χ0n) is 13.5. The van der Waals surface area contributed by atoms with Gasteiger partial charge in [0.2, 0.25) is 0 Å². The monoisotopic (exact) mass is 335 g/mol. The molecule has 0 heterocycles. The fraction of sp³-hybridized carbons (Fsp3) is 0.105.